The quantitative estimate of drug-likeness (QED) is 0.163. The Bertz CT molecular complexity index is 1230. The maximum Gasteiger partial charge on any atom is 0.278 e. The number of nitrogens with zero attached hydrogens (tertiary/aromatic N) is 5. The molecule has 0 aromatic carbocycles. The lowest BCUT2D eigenvalue weighted by atomic mass is 10.0. The van der Waals surface area contributed by atoms with E-state index < -0.39 is 29.2 Å². The van der Waals surface area contributed by atoms with E-state index in [9.17, 15) is 19.5 Å². The van der Waals surface area contributed by atoms with Crippen molar-refractivity contribution in [3.8, 4) is 0 Å². The summed E-state index contributed by atoms with van der Waals surface area (Å²) in [5.41, 5.74) is 6.57. The van der Waals surface area contributed by atoms with E-state index in [0.717, 1.165) is 22.0 Å². The van der Waals surface area contributed by atoms with Gasteiger partial charge in [0.05, 0.1) is 18.3 Å². The number of amides is 2. The normalized spacial score (nSPS) is 19.8. The van der Waals surface area contributed by atoms with Gasteiger partial charge in [-0.3, -0.25) is 14.5 Å². The Labute approximate surface area is 207 Å². The number of carbonyl (C=O) groups excluding carboxylic acids is 3. The third-order valence-corrected chi connectivity index (χ3v) is 7.06. The van der Waals surface area contributed by atoms with Gasteiger partial charge in [-0.1, -0.05) is 5.16 Å². The maximum absolute atomic E-state index is 12.9. The van der Waals surface area contributed by atoms with Crippen molar-refractivity contribution in [3.05, 3.63) is 47.2 Å². The minimum atomic E-state index is -1.46. The van der Waals surface area contributed by atoms with Crippen molar-refractivity contribution in [2.45, 2.75) is 24.6 Å². The van der Waals surface area contributed by atoms with Gasteiger partial charge in [-0.2, -0.15) is 9.36 Å². The molecule has 4 rings (SSSR count). The van der Waals surface area contributed by atoms with Gasteiger partial charge in [-0.25, -0.2) is 4.57 Å². The van der Waals surface area contributed by atoms with Gasteiger partial charge in [0.15, 0.2) is 24.1 Å². The van der Waals surface area contributed by atoms with Gasteiger partial charge in [0, 0.05) is 41.6 Å². The van der Waals surface area contributed by atoms with Crippen LogP contribution >= 0.6 is 23.3 Å². The first-order chi connectivity index (χ1) is 16.8. The van der Waals surface area contributed by atoms with E-state index in [0.29, 0.717) is 17.9 Å². The SMILES string of the molecule is COCc1ccc[n+](CC2=C(C(=O)[O-])N3C(=O)C(NC(=O)C(=NOC)c4nsc(N)n4)[C@H]3SC2)c1. The van der Waals surface area contributed by atoms with E-state index in [4.69, 9.17) is 15.3 Å². The highest BCUT2D eigenvalue weighted by Gasteiger charge is 2.53. The number of rotatable bonds is 9. The van der Waals surface area contributed by atoms with Crippen molar-refractivity contribution in [1.82, 2.24) is 19.6 Å². The molecule has 4 heterocycles. The number of ether oxygens (including phenoxy) is 1. The Kier molecular flexibility index (Phi) is 7.28. The molecule has 2 atom stereocenters. The molecule has 15 heteroatoms. The number of pyridine rings is 1. The summed E-state index contributed by atoms with van der Waals surface area (Å²) in [6.07, 6.45) is 3.64. The van der Waals surface area contributed by atoms with Crippen LogP contribution in [-0.2, 0) is 37.1 Å². The number of fused-ring (bicyclic) bond motifs is 1. The van der Waals surface area contributed by atoms with Crippen LogP contribution < -0.4 is 20.7 Å². The molecule has 0 saturated carbocycles. The summed E-state index contributed by atoms with van der Waals surface area (Å²) >= 11 is 2.21. The summed E-state index contributed by atoms with van der Waals surface area (Å²) in [6.45, 7) is 0.663. The number of anilines is 1. The van der Waals surface area contributed by atoms with Crippen LogP contribution in [0.1, 0.15) is 11.4 Å². The molecule has 13 nitrogen and oxygen atoms in total. The van der Waals surface area contributed by atoms with Crippen LogP contribution in [0, 0.1) is 0 Å². The van der Waals surface area contributed by atoms with Crippen LogP contribution in [0.3, 0.4) is 0 Å². The van der Waals surface area contributed by atoms with Gasteiger partial charge in [-0.15, -0.1) is 11.8 Å². The van der Waals surface area contributed by atoms with Crippen LogP contribution in [0.15, 0.2) is 41.0 Å². The van der Waals surface area contributed by atoms with E-state index in [2.05, 4.69) is 19.8 Å². The minimum Gasteiger partial charge on any atom is -0.543 e. The summed E-state index contributed by atoms with van der Waals surface area (Å²) in [7, 11) is 2.83. The number of carboxylic acids is 1. The number of nitrogens with one attached hydrogen (secondary N) is 1. The van der Waals surface area contributed by atoms with Crippen molar-refractivity contribution in [2.24, 2.45) is 5.16 Å². The highest BCUT2D eigenvalue weighted by molar-refractivity contribution is 8.00. The van der Waals surface area contributed by atoms with Gasteiger partial charge < -0.3 is 30.5 Å². The number of hydrogen-bond acceptors (Lipinski definition) is 12. The number of thioether (sulfide) groups is 1. The molecule has 2 amide bonds. The predicted octanol–water partition coefficient (Wildman–Crippen LogP) is -1.99. The lowest BCUT2D eigenvalue weighted by Crippen LogP contribution is -2.71. The van der Waals surface area contributed by atoms with Crippen molar-refractivity contribution in [3.63, 3.8) is 0 Å². The molecule has 0 bridgehead atoms. The molecule has 1 unspecified atom stereocenters. The Morgan fingerprint density at radius 1 is 1.43 bits per heavy atom. The monoisotopic (exact) mass is 519 g/mol. The topological polar surface area (TPSA) is 176 Å². The molecule has 2 aliphatic heterocycles. The number of nitrogen functional groups attached to an aromatic ring is 1. The Balaban J connectivity index is 1.52. The predicted molar refractivity (Wildman–Crippen MR) is 122 cm³/mol. The number of aromatic nitrogens is 3. The van der Waals surface area contributed by atoms with Gasteiger partial charge >= 0.3 is 0 Å². The van der Waals surface area contributed by atoms with Crippen molar-refractivity contribution in [2.75, 3.05) is 25.7 Å². The molecule has 1 saturated heterocycles. The number of carboxylic acid groups (broad SMARTS) is 1. The van der Waals surface area contributed by atoms with Gasteiger partial charge in [0.2, 0.25) is 11.5 Å². The highest BCUT2D eigenvalue weighted by atomic mass is 32.2. The number of β-lactam (4-membered cyclic amide) rings is 1. The molecule has 2 aliphatic rings. The molecule has 1 fully saturated rings. The van der Waals surface area contributed by atoms with Gasteiger partial charge in [0.1, 0.15) is 18.5 Å². The number of aliphatic carboxylic acids is 1. The average Bonchev–Trinajstić information content (AvgIpc) is 3.26. The van der Waals surface area contributed by atoms with Crippen LogP contribution in [-0.4, -0.2) is 69.1 Å². The fourth-order valence-electron chi connectivity index (χ4n) is 3.76. The third kappa shape index (κ3) is 4.96. The zero-order valence-corrected chi connectivity index (χ0v) is 20.3. The van der Waals surface area contributed by atoms with Crippen molar-refractivity contribution >= 4 is 51.9 Å². The number of hydrogen-bond donors (Lipinski definition) is 2. The van der Waals surface area contributed by atoms with Crippen molar-refractivity contribution < 1.29 is 33.6 Å². The van der Waals surface area contributed by atoms with E-state index in [1.165, 1.54) is 18.9 Å². The van der Waals surface area contributed by atoms with E-state index in [1.807, 2.05) is 22.9 Å². The smallest absolute Gasteiger partial charge is 0.278 e. The second-order valence-electron chi connectivity index (χ2n) is 7.50. The summed E-state index contributed by atoms with van der Waals surface area (Å²) in [6, 6.07) is 2.75. The summed E-state index contributed by atoms with van der Waals surface area (Å²) < 4.78 is 10.9. The molecule has 0 aliphatic carbocycles. The molecule has 2 aromatic rings. The van der Waals surface area contributed by atoms with Crippen molar-refractivity contribution in [1.29, 1.82) is 0 Å². The van der Waals surface area contributed by atoms with Crippen LogP contribution in [0.25, 0.3) is 0 Å². The molecule has 35 heavy (non-hydrogen) atoms. The number of methoxy groups -OCH3 is 1. The Morgan fingerprint density at radius 2 is 2.23 bits per heavy atom. The second kappa shape index (κ2) is 10.4. The standard InChI is InChI=1S/C20H21N7O6S2/c1-32-8-10-4-3-5-26(6-10)7-11-9-34-18-13(17(29)27(18)14(11)19(30)31)22-16(28)12(24-33-2)15-23-20(21)35-25-15/h3-6,13,18H,7-9H2,1-2H3,(H3-,21,22,23,25,28,30,31)/t13?,18-/m1/s1. The fraction of sp³-hybridized carbons (Fsp3) is 0.350. The molecule has 0 spiro atoms. The zero-order chi connectivity index (χ0) is 25.1. The highest BCUT2D eigenvalue weighted by Crippen LogP contribution is 2.40. The average molecular weight is 520 g/mol. The zero-order valence-electron chi connectivity index (χ0n) is 18.7. The lowest BCUT2D eigenvalue weighted by molar-refractivity contribution is -0.689. The first kappa shape index (κ1) is 24.6. The minimum absolute atomic E-state index is 0.0443. The largest absolute Gasteiger partial charge is 0.543 e. The van der Waals surface area contributed by atoms with Crippen LogP contribution in [0.5, 0.6) is 0 Å². The molecule has 184 valence electrons. The summed E-state index contributed by atoms with van der Waals surface area (Å²) in [5, 5.41) is 17.7. The molecule has 3 N–H and O–H groups in total. The second-order valence-corrected chi connectivity index (χ2v) is 9.39. The maximum atomic E-state index is 12.9. The summed E-state index contributed by atoms with van der Waals surface area (Å²) in [5.74, 6) is -2.50. The molecule has 2 aromatic heterocycles. The fourth-order valence-corrected chi connectivity index (χ4v) is 5.53. The Hall–Kier alpha value is -3.56. The number of nitrogens with two attached hydrogens (primary N) is 1. The van der Waals surface area contributed by atoms with E-state index >= 15 is 0 Å². The first-order valence-electron chi connectivity index (χ1n) is 10.2. The number of carbonyl (C=O) groups is 3. The molecular weight excluding hydrogens is 498 g/mol. The Morgan fingerprint density at radius 3 is 2.89 bits per heavy atom. The lowest BCUT2D eigenvalue weighted by Gasteiger charge is -2.50. The van der Waals surface area contributed by atoms with E-state index in [-0.39, 0.29) is 28.9 Å². The van der Waals surface area contributed by atoms with Gasteiger partial charge in [0.25, 0.3) is 11.8 Å². The van der Waals surface area contributed by atoms with Crippen LogP contribution in [0.4, 0.5) is 5.13 Å². The molecular formula is C20H21N7O6S2. The van der Waals surface area contributed by atoms with Gasteiger partial charge in [-0.05, 0) is 6.07 Å². The first-order valence-corrected chi connectivity index (χ1v) is 12.0. The van der Waals surface area contributed by atoms with E-state index in [1.54, 1.807) is 13.3 Å². The third-order valence-electron chi connectivity index (χ3n) is 5.18. The molecule has 0 radical (unpaired) electrons. The number of oxime groups is 1. The van der Waals surface area contributed by atoms with Crippen LogP contribution in [0.2, 0.25) is 0 Å². The summed E-state index contributed by atoms with van der Waals surface area (Å²) in [4.78, 5) is 47.5.